The molecule has 0 aromatic rings. The van der Waals surface area contributed by atoms with E-state index in [1.165, 1.54) is 7.11 Å². The predicted octanol–water partition coefficient (Wildman–Crippen LogP) is -0.494. The minimum absolute atomic E-state index is 0.0355. The fourth-order valence-corrected chi connectivity index (χ4v) is 1.51. The van der Waals surface area contributed by atoms with Crippen LogP contribution in [-0.4, -0.2) is 42.9 Å². The van der Waals surface area contributed by atoms with Crippen LogP contribution in [0.25, 0.3) is 0 Å². The Morgan fingerprint density at radius 2 is 2.00 bits per heavy atom. The van der Waals surface area contributed by atoms with Gasteiger partial charge in [0.25, 0.3) is 0 Å². The molecule has 2 heterocycles. The molecule has 0 amide bonds. The van der Waals surface area contributed by atoms with Crippen LogP contribution in [-0.2, 0) is 14.2 Å². The normalized spacial score (nSPS) is 55.4. The molecule has 0 aromatic carbocycles. The maximum absolute atomic E-state index is 9.42. The molecule has 2 aliphatic rings. The first-order chi connectivity index (χ1) is 5.24. The summed E-state index contributed by atoms with van der Waals surface area (Å²) in [6, 6.07) is 0. The Morgan fingerprint density at radius 3 is 2.64 bits per heavy atom. The average molecular weight is 160 g/mol. The van der Waals surface area contributed by atoms with Crippen LogP contribution in [0.3, 0.4) is 0 Å². The van der Waals surface area contributed by atoms with Crippen molar-refractivity contribution in [3.63, 3.8) is 0 Å². The van der Waals surface area contributed by atoms with Gasteiger partial charge in [0.05, 0.1) is 6.10 Å². The topological polar surface area (TPSA) is 51.2 Å². The van der Waals surface area contributed by atoms with E-state index >= 15 is 0 Å². The second kappa shape index (κ2) is 2.42. The zero-order valence-corrected chi connectivity index (χ0v) is 6.56. The number of epoxide rings is 1. The summed E-state index contributed by atoms with van der Waals surface area (Å²) in [7, 11) is 1.52. The van der Waals surface area contributed by atoms with Crippen molar-refractivity contribution in [2.75, 3.05) is 7.11 Å². The SMILES string of the molecule is CO[C@H]1O[C@H](C)[C@@H]2O[C@@H]2[C@@H]1O. The van der Waals surface area contributed by atoms with Crippen LogP contribution in [0.4, 0.5) is 0 Å². The second-order valence-corrected chi connectivity index (χ2v) is 3.00. The van der Waals surface area contributed by atoms with E-state index in [0.29, 0.717) is 0 Å². The van der Waals surface area contributed by atoms with Gasteiger partial charge in [-0.2, -0.15) is 0 Å². The molecule has 2 fully saturated rings. The molecule has 4 heteroatoms. The molecular weight excluding hydrogens is 148 g/mol. The van der Waals surface area contributed by atoms with E-state index in [0.717, 1.165) is 0 Å². The zero-order chi connectivity index (χ0) is 8.01. The third-order valence-corrected chi connectivity index (χ3v) is 2.22. The Bertz CT molecular complexity index is 161. The molecule has 0 aromatic heterocycles. The summed E-state index contributed by atoms with van der Waals surface area (Å²) in [6.07, 6.45) is -1.09. The number of methoxy groups -OCH3 is 1. The highest BCUT2D eigenvalue weighted by atomic mass is 16.7. The molecule has 2 aliphatic heterocycles. The van der Waals surface area contributed by atoms with Gasteiger partial charge in [-0.15, -0.1) is 0 Å². The van der Waals surface area contributed by atoms with Crippen LogP contribution in [0.1, 0.15) is 6.92 Å². The zero-order valence-electron chi connectivity index (χ0n) is 6.56. The van der Waals surface area contributed by atoms with Crippen molar-refractivity contribution in [2.45, 2.75) is 37.6 Å². The minimum Gasteiger partial charge on any atom is -0.385 e. The highest BCUT2D eigenvalue weighted by Crippen LogP contribution is 2.37. The molecule has 0 aliphatic carbocycles. The van der Waals surface area contributed by atoms with Gasteiger partial charge >= 0.3 is 0 Å². The highest BCUT2D eigenvalue weighted by molar-refractivity contribution is 4.99. The van der Waals surface area contributed by atoms with Gasteiger partial charge in [0, 0.05) is 7.11 Å². The van der Waals surface area contributed by atoms with Gasteiger partial charge in [0.1, 0.15) is 18.3 Å². The fraction of sp³-hybridized carbons (Fsp3) is 1.00. The summed E-state index contributed by atoms with van der Waals surface area (Å²) < 4.78 is 15.4. The fourth-order valence-electron chi connectivity index (χ4n) is 1.51. The molecule has 64 valence electrons. The quantitative estimate of drug-likeness (QED) is 0.526. The van der Waals surface area contributed by atoms with Gasteiger partial charge in [0.2, 0.25) is 0 Å². The lowest BCUT2D eigenvalue weighted by molar-refractivity contribution is -0.214. The Labute approximate surface area is 65.1 Å². The van der Waals surface area contributed by atoms with E-state index in [1.807, 2.05) is 6.92 Å². The van der Waals surface area contributed by atoms with E-state index in [9.17, 15) is 5.11 Å². The van der Waals surface area contributed by atoms with Crippen LogP contribution in [0.5, 0.6) is 0 Å². The van der Waals surface area contributed by atoms with Gasteiger partial charge in [-0.3, -0.25) is 0 Å². The van der Waals surface area contributed by atoms with Gasteiger partial charge in [-0.1, -0.05) is 0 Å². The lowest BCUT2D eigenvalue weighted by atomic mass is 10.1. The van der Waals surface area contributed by atoms with Gasteiger partial charge < -0.3 is 19.3 Å². The van der Waals surface area contributed by atoms with Crippen LogP contribution < -0.4 is 0 Å². The molecule has 5 atom stereocenters. The molecule has 2 rings (SSSR count). The minimum atomic E-state index is -0.624. The molecule has 1 N–H and O–H groups in total. The van der Waals surface area contributed by atoms with Crippen molar-refractivity contribution in [1.29, 1.82) is 0 Å². The van der Waals surface area contributed by atoms with E-state index < -0.39 is 12.4 Å². The maximum Gasteiger partial charge on any atom is 0.186 e. The molecule has 0 saturated carbocycles. The standard InChI is InChI=1S/C7H12O4/c1-3-5-6(11-5)4(8)7(9-2)10-3/h3-8H,1-2H3/t3-,4+,5+,6-,7+/m1/s1. The lowest BCUT2D eigenvalue weighted by Crippen LogP contribution is -2.44. The Hall–Kier alpha value is -0.160. The number of hydrogen-bond donors (Lipinski definition) is 1. The van der Waals surface area contributed by atoms with E-state index in [2.05, 4.69) is 0 Å². The Morgan fingerprint density at radius 1 is 1.27 bits per heavy atom. The van der Waals surface area contributed by atoms with Crippen molar-refractivity contribution in [3.05, 3.63) is 0 Å². The smallest absolute Gasteiger partial charge is 0.186 e. The molecule has 11 heavy (non-hydrogen) atoms. The Kier molecular flexibility index (Phi) is 1.64. The third-order valence-electron chi connectivity index (χ3n) is 2.22. The summed E-state index contributed by atoms with van der Waals surface area (Å²) >= 11 is 0. The monoisotopic (exact) mass is 160 g/mol. The predicted molar refractivity (Wildman–Crippen MR) is 36.0 cm³/mol. The van der Waals surface area contributed by atoms with Crippen LogP contribution >= 0.6 is 0 Å². The van der Waals surface area contributed by atoms with Crippen molar-refractivity contribution in [3.8, 4) is 0 Å². The van der Waals surface area contributed by atoms with Crippen LogP contribution in [0, 0.1) is 0 Å². The third kappa shape index (κ3) is 1.06. The summed E-state index contributed by atoms with van der Waals surface area (Å²) in [5.74, 6) is 0. The van der Waals surface area contributed by atoms with Crippen molar-refractivity contribution in [1.82, 2.24) is 0 Å². The average Bonchev–Trinajstić information content (AvgIpc) is 2.75. The largest absolute Gasteiger partial charge is 0.385 e. The molecule has 4 nitrogen and oxygen atoms in total. The van der Waals surface area contributed by atoms with Gasteiger partial charge in [-0.25, -0.2) is 0 Å². The number of ether oxygens (including phenoxy) is 3. The van der Waals surface area contributed by atoms with E-state index in [1.54, 1.807) is 0 Å². The number of fused-ring (bicyclic) bond motifs is 1. The molecular formula is C7H12O4. The van der Waals surface area contributed by atoms with Crippen LogP contribution in [0.15, 0.2) is 0 Å². The van der Waals surface area contributed by atoms with Crippen LogP contribution in [0.2, 0.25) is 0 Å². The second-order valence-electron chi connectivity index (χ2n) is 3.00. The first kappa shape index (κ1) is 7.49. The summed E-state index contributed by atoms with van der Waals surface area (Å²) in [5, 5.41) is 9.42. The first-order valence-corrected chi connectivity index (χ1v) is 3.76. The molecule has 0 unspecified atom stereocenters. The highest BCUT2D eigenvalue weighted by Gasteiger charge is 2.55. The van der Waals surface area contributed by atoms with Crippen molar-refractivity contribution in [2.24, 2.45) is 0 Å². The molecule has 0 bridgehead atoms. The summed E-state index contributed by atoms with van der Waals surface area (Å²) in [6.45, 7) is 1.92. The molecule has 0 radical (unpaired) electrons. The van der Waals surface area contributed by atoms with Crippen molar-refractivity contribution >= 4 is 0 Å². The van der Waals surface area contributed by atoms with Gasteiger partial charge in [0.15, 0.2) is 6.29 Å². The van der Waals surface area contributed by atoms with Crippen molar-refractivity contribution < 1.29 is 19.3 Å². The number of aliphatic hydroxyl groups is 1. The number of rotatable bonds is 1. The van der Waals surface area contributed by atoms with Gasteiger partial charge in [-0.05, 0) is 6.92 Å². The maximum atomic E-state index is 9.42. The van der Waals surface area contributed by atoms with E-state index in [4.69, 9.17) is 14.2 Å². The molecule has 2 saturated heterocycles. The molecule has 0 spiro atoms. The lowest BCUT2D eigenvalue weighted by Gasteiger charge is -2.27. The summed E-state index contributed by atoms with van der Waals surface area (Å²) in [4.78, 5) is 0. The Balaban J connectivity index is 2.02. The van der Waals surface area contributed by atoms with E-state index in [-0.39, 0.29) is 18.3 Å². The number of hydrogen-bond acceptors (Lipinski definition) is 4. The first-order valence-electron chi connectivity index (χ1n) is 3.76. The number of aliphatic hydroxyl groups excluding tert-OH is 1. The summed E-state index contributed by atoms with van der Waals surface area (Å²) in [5.41, 5.74) is 0.